The van der Waals surface area contributed by atoms with E-state index in [2.05, 4.69) is 25.9 Å². The Morgan fingerprint density at radius 1 is 1.16 bits per heavy atom. The number of hydrogen-bond acceptors (Lipinski definition) is 7. The molecular formula is C29H38Cl2F4N8O. The van der Waals surface area contributed by atoms with E-state index in [0.717, 1.165) is 36.4 Å². The molecule has 0 radical (unpaired) electrons. The van der Waals surface area contributed by atoms with Crippen LogP contribution >= 0.6 is 23.2 Å². The smallest absolute Gasteiger partial charge is 0.370 e. The first-order valence-electron chi connectivity index (χ1n) is 14.5. The van der Waals surface area contributed by atoms with Crippen LogP contribution in [0.3, 0.4) is 0 Å². The number of nitrogens with two attached hydrogens (primary N) is 1. The van der Waals surface area contributed by atoms with Gasteiger partial charge in [0.05, 0.1) is 32.8 Å². The van der Waals surface area contributed by atoms with E-state index in [1.165, 1.54) is 0 Å². The molecule has 3 unspecified atom stereocenters. The Hall–Kier alpha value is -3.19. The van der Waals surface area contributed by atoms with Gasteiger partial charge in [0.15, 0.2) is 6.29 Å². The van der Waals surface area contributed by atoms with Gasteiger partial charge in [-0.05, 0) is 55.5 Å². The zero-order valence-electron chi connectivity index (χ0n) is 25.1. The van der Waals surface area contributed by atoms with Gasteiger partial charge in [-0.25, -0.2) is 4.39 Å². The highest BCUT2D eigenvalue weighted by molar-refractivity contribution is 6.34. The molecule has 4 rings (SSSR count). The van der Waals surface area contributed by atoms with E-state index in [9.17, 15) is 18.0 Å². The number of amides is 1. The number of rotatable bonds is 10. The first-order chi connectivity index (χ1) is 20.7. The second-order valence-corrected chi connectivity index (χ2v) is 12.1. The number of nitrogens with zero attached hydrogens (tertiary/aromatic N) is 5. The number of benzene rings is 2. The third-order valence-electron chi connectivity index (χ3n) is 8.73. The number of fused-ring (bicyclic) bond motifs is 1. The fourth-order valence-corrected chi connectivity index (χ4v) is 6.59. The molecule has 44 heavy (non-hydrogen) atoms. The molecule has 1 fully saturated rings. The Bertz CT molecular complexity index is 1370. The minimum Gasteiger partial charge on any atom is -0.370 e. The molecular weight excluding hydrogens is 623 g/mol. The van der Waals surface area contributed by atoms with Crippen LogP contribution in [-0.4, -0.2) is 57.3 Å². The zero-order valence-corrected chi connectivity index (χ0v) is 26.6. The molecule has 15 heteroatoms. The summed E-state index contributed by atoms with van der Waals surface area (Å²) in [4.78, 5) is 18.2. The van der Waals surface area contributed by atoms with Crippen LogP contribution in [0.15, 0.2) is 40.7 Å². The summed E-state index contributed by atoms with van der Waals surface area (Å²) < 4.78 is 55.0. The van der Waals surface area contributed by atoms with Crippen molar-refractivity contribution in [2.45, 2.75) is 70.3 Å². The molecule has 0 aliphatic carbocycles. The average molecular weight is 662 g/mol. The van der Waals surface area contributed by atoms with Gasteiger partial charge in [-0.3, -0.25) is 4.79 Å². The van der Waals surface area contributed by atoms with Gasteiger partial charge in [-0.15, -0.1) is 5.11 Å². The summed E-state index contributed by atoms with van der Waals surface area (Å²) in [6.07, 6.45) is -2.65. The van der Waals surface area contributed by atoms with Crippen LogP contribution in [0.25, 0.3) is 0 Å². The molecule has 0 spiro atoms. The lowest BCUT2D eigenvalue weighted by atomic mass is 9.79. The van der Waals surface area contributed by atoms with Crippen LogP contribution in [0.5, 0.6) is 0 Å². The van der Waals surface area contributed by atoms with Gasteiger partial charge in [0.1, 0.15) is 5.67 Å². The number of carbonyl (C=O) groups excluding carboxylic acids is 1. The summed E-state index contributed by atoms with van der Waals surface area (Å²) in [7, 11) is 3.73. The maximum absolute atomic E-state index is 15.6. The SMILES string of the molecule is CCC(F)(CC)C1CCCN(c2cc3c(cc2Cl)NC(N(C)c2cc(CNC(=O)C(N=NN)C(F)(F)F)ccc2Cl)N3C)C1. The summed E-state index contributed by atoms with van der Waals surface area (Å²) in [5.41, 5.74) is 2.44. The highest BCUT2D eigenvalue weighted by Gasteiger charge is 2.46. The van der Waals surface area contributed by atoms with E-state index < -0.39 is 30.1 Å². The Balaban J connectivity index is 1.51. The van der Waals surface area contributed by atoms with Crippen LogP contribution in [0, 0.1) is 5.92 Å². The van der Waals surface area contributed by atoms with E-state index in [0.29, 0.717) is 40.7 Å². The molecule has 4 N–H and O–H groups in total. The van der Waals surface area contributed by atoms with Crippen LogP contribution < -0.4 is 31.2 Å². The van der Waals surface area contributed by atoms with Crippen molar-refractivity contribution in [2.24, 2.45) is 22.1 Å². The van der Waals surface area contributed by atoms with E-state index >= 15 is 4.39 Å². The van der Waals surface area contributed by atoms with E-state index in [1.807, 2.05) is 49.9 Å². The van der Waals surface area contributed by atoms with Gasteiger partial charge in [-0.2, -0.15) is 13.2 Å². The average Bonchev–Trinajstić information content (AvgIpc) is 3.32. The molecule has 2 aliphatic rings. The fraction of sp³-hybridized carbons (Fsp3) is 0.552. The summed E-state index contributed by atoms with van der Waals surface area (Å²) in [5, 5.41) is 12.1. The highest BCUT2D eigenvalue weighted by atomic mass is 35.5. The van der Waals surface area contributed by atoms with Crippen molar-refractivity contribution < 1.29 is 22.4 Å². The first kappa shape index (κ1) is 33.7. The van der Waals surface area contributed by atoms with Gasteiger partial charge >= 0.3 is 6.18 Å². The third-order valence-corrected chi connectivity index (χ3v) is 9.35. The van der Waals surface area contributed by atoms with Crippen LogP contribution in [0.4, 0.5) is 40.3 Å². The van der Waals surface area contributed by atoms with Gasteiger partial charge in [0, 0.05) is 39.6 Å². The number of carbonyl (C=O) groups is 1. The van der Waals surface area contributed by atoms with Gasteiger partial charge in [0.25, 0.3) is 5.91 Å². The van der Waals surface area contributed by atoms with Crippen molar-refractivity contribution in [3.63, 3.8) is 0 Å². The molecule has 2 aliphatic heterocycles. The van der Waals surface area contributed by atoms with Crippen molar-refractivity contribution in [2.75, 3.05) is 47.2 Å². The molecule has 1 amide bonds. The van der Waals surface area contributed by atoms with Crippen LogP contribution in [0.1, 0.15) is 45.1 Å². The summed E-state index contributed by atoms with van der Waals surface area (Å²) >= 11 is 13.3. The largest absolute Gasteiger partial charge is 0.421 e. The topological polar surface area (TPSA) is 102 Å². The Morgan fingerprint density at radius 3 is 2.50 bits per heavy atom. The van der Waals surface area contributed by atoms with Gasteiger partial charge < -0.3 is 31.2 Å². The number of hydrogen-bond donors (Lipinski definition) is 3. The molecule has 1 saturated heterocycles. The molecule has 0 bridgehead atoms. The normalized spacial score (nSPS) is 19.6. The second kappa shape index (κ2) is 13.4. The summed E-state index contributed by atoms with van der Waals surface area (Å²) in [6, 6.07) is 6.08. The van der Waals surface area contributed by atoms with Crippen molar-refractivity contribution >= 4 is 51.9 Å². The van der Waals surface area contributed by atoms with Crippen molar-refractivity contribution in [1.29, 1.82) is 0 Å². The number of piperidine rings is 1. The van der Waals surface area contributed by atoms with E-state index in [-0.39, 0.29) is 12.5 Å². The third kappa shape index (κ3) is 6.88. The molecule has 2 aromatic rings. The minimum atomic E-state index is -4.94. The van der Waals surface area contributed by atoms with Crippen LogP contribution in [-0.2, 0) is 11.3 Å². The fourth-order valence-electron chi connectivity index (χ4n) is 6.06. The van der Waals surface area contributed by atoms with Crippen molar-refractivity contribution in [3.05, 3.63) is 45.9 Å². The lowest BCUT2D eigenvalue weighted by Gasteiger charge is -2.41. The number of nitrogens with one attached hydrogen (secondary N) is 2. The minimum absolute atomic E-state index is 0.0751. The number of alkyl halides is 4. The Morgan fingerprint density at radius 2 is 1.86 bits per heavy atom. The van der Waals surface area contributed by atoms with Crippen LogP contribution in [0.2, 0.25) is 10.0 Å². The second-order valence-electron chi connectivity index (χ2n) is 11.3. The first-order valence-corrected chi connectivity index (χ1v) is 15.2. The molecule has 2 heterocycles. The Kier molecular flexibility index (Phi) is 10.3. The van der Waals surface area contributed by atoms with Crippen molar-refractivity contribution in [3.8, 4) is 0 Å². The lowest BCUT2D eigenvalue weighted by Crippen LogP contribution is -2.47. The van der Waals surface area contributed by atoms with Gasteiger partial charge in [-0.1, -0.05) is 48.3 Å². The van der Waals surface area contributed by atoms with Crippen molar-refractivity contribution in [1.82, 2.24) is 5.32 Å². The molecule has 0 saturated carbocycles. The van der Waals surface area contributed by atoms with E-state index in [1.54, 1.807) is 18.2 Å². The Labute approximate surface area is 264 Å². The van der Waals surface area contributed by atoms with E-state index in [4.69, 9.17) is 29.0 Å². The molecule has 9 nitrogen and oxygen atoms in total. The molecule has 3 atom stereocenters. The number of halogens is 6. The van der Waals surface area contributed by atoms with Gasteiger partial charge in [0.2, 0.25) is 6.04 Å². The monoisotopic (exact) mass is 660 g/mol. The summed E-state index contributed by atoms with van der Waals surface area (Å²) in [6.45, 7) is 4.98. The standard InChI is InChI=1S/C29H38Cl2F4N8O/c1-5-28(32,6-2)18-8-7-11-43(16-18)23-14-24-21(13-20(23)31)38-27(42(24)4)41(3)22-12-17(9-10-19(22)30)15-37-26(44)25(39-40-36)29(33,34)35/h9-10,12-14,18,25,27,38H,5-8,11,15-16H2,1-4H3,(H2,36,39)(H,37,44). The lowest BCUT2D eigenvalue weighted by molar-refractivity contribution is -0.163. The maximum Gasteiger partial charge on any atom is 0.421 e. The predicted molar refractivity (Wildman–Crippen MR) is 167 cm³/mol. The highest BCUT2D eigenvalue weighted by Crippen LogP contribution is 2.45. The molecule has 242 valence electrons. The predicted octanol–water partition coefficient (Wildman–Crippen LogP) is 6.89. The molecule has 2 aromatic carbocycles. The summed E-state index contributed by atoms with van der Waals surface area (Å²) in [5.74, 6) is 3.30. The quantitative estimate of drug-likeness (QED) is 0.111. The molecule has 0 aromatic heterocycles. The number of anilines is 4. The zero-order chi connectivity index (χ0) is 32.4. The maximum atomic E-state index is 15.6.